The molecule has 0 radical (unpaired) electrons. The first-order valence-electron chi connectivity index (χ1n) is 5.70. The Morgan fingerprint density at radius 1 is 1.25 bits per heavy atom. The van der Waals surface area contributed by atoms with Gasteiger partial charge in [0, 0.05) is 19.6 Å². The van der Waals surface area contributed by atoms with Crippen LogP contribution in [0.4, 0.5) is 4.39 Å². The molecule has 1 aromatic heterocycles. The van der Waals surface area contributed by atoms with Crippen molar-refractivity contribution < 1.29 is 4.39 Å². The number of hydrogen-bond acceptors (Lipinski definition) is 3. The molecule has 0 fully saturated rings. The van der Waals surface area contributed by atoms with Crippen molar-refractivity contribution in [3.8, 4) is 0 Å². The number of aromatic nitrogens is 1. The summed E-state index contributed by atoms with van der Waals surface area (Å²) in [6.07, 6.45) is 1.24. The van der Waals surface area contributed by atoms with Crippen molar-refractivity contribution in [2.45, 2.75) is 20.4 Å². The van der Waals surface area contributed by atoms with E-state index in [0.29, 0.717) is 12.5 Å². The van der Waals surface area contributed by atoms with Crippen molar-refractivity contribution in [3.63, 3.8) is 0 Å². The summed E-state index contributed by atoms with van der Waals surface area (Å²) in [4.78, 5) is 3.97. The van der Waals surface area contributed by atoms with Crippen molar-refractivity contribution in [3.05, 3.63) is 29.8 Å². The summed E-state index contributed by atoms with van der Waals surface area (Å²) in [5.74, 6) is 0.390. The minimum Gasteiger partial charge on any atom is -0.315 e. The zero-order chi connectivity index (χ0) is 11.8. The Kier molecular flexibility index (Phi) is 5.96. The quantitative estimate of drug-likeness (QED) is 0.691. The second kappa shape index (κ2) is 7.30. The SMILES string of the molecule is CC(C)CNCCNCc1ccc(F)cn1. The maximum absolute atomic E-state index is 12.6. The van der Waals surface area contributed by atoms with Crippen molar-refractivity contribution in [1.29, 1.82) is 0 Å². The average molecular weight is 225 g/mol. The summed E-state index contributed by atoms with van der Waals surface area (Å²) in [7, 11) is 0. The van der Waals surface area contributed by atoms with Gasteiger partial charge in [0.05, 0.1) is 11.9 Å². The van der Waals surface area contributed by atoms with Gasteiger partial charge in [-0.1, -0.05) is 13.8 Å². The van der Waals surface area contributed by atoms with Crippen LogP contribution in [-0.2, 0) is 6.54 Å². The van der Waals surface area contributed by atoms with Crippen molar-refractivity contribution in [2.24, 2.45) is 5.92 Å². The molecule has 0 amide bonds. The van der Waals surface area contributed by atoms with Crippen molar-refractivity contribution in [1.82, 2.24) is 15.6 Å². The van der Waals surface area contributed by atoms with E-state index in [1.54, 1.807) is 6.07 Å². The van der Waals surface area contributed by atoms with E-state index >= 15 is 0 Å². The molecular formula is C12H20FN3. The fourth-order valence-electron chi connectivity index (χ4n) is 1.29. The Morgan fingerprint density at radius 2 is 2.00 bits per heavy atom. The van der Waals surface area contributed by atoms with Gasteiger partial charge in [-0.05, 0) is 24.6 Å². The van der Waals surface area contributed by atoms with E-state index in [9.17, 15) is 4.39 Å². The summed E-state index contributed by atoms with van der Waals surface area (Å²) in [5, 5.41) is 6.58. The molecule has 0 unspecified atom stereocenters. The maximum Gasteiger partial charge on any atom is 0.141 e. The number of nitrogens with one attached hydrogen (secondary N) is 2. The van der Waals surface area contributed by atoms with Gasteiger partial charge in [-0.2, -0.15) is 0 Å². The molecule has 1 aromatic rings. The Labute approximate surface area is 96.5 Å². The largest absolute Gasteiger partial charge is 0.315 e. The van der Waals surface area contributed by atoms with E-state index in [2.05, 4.69) is 29.5 Å². The Bertz CT molecular complexity index is 285. The molecule has 1 heterocycles. The summed E-state index contributed by atoms with van der Waals surface area (Å²) < 4.78 is 12.6. The third-order valence-corrected chi connectivity index (χ3v) is 2.13. The van der Waals surface area contributed by atoms with E-state index in [1.165, 1.54) is 12.3 Å². The van der Waals surface area contributed by atoms with Crippen LogP contribution in [0.5, 0.6) is 0 Å². The first-order chi connectivity index (χ1) is 7.68. The number of nitrogens with zero attached hydrogens (tertiary/aromatic N) is 1. The molecule has 3 nitrogen and oxygen atoms in total. The van der Waals surface area contributed by atoms with E-state index in [1.807, 2.05) is 0 Å². The van der Waals surface area contributed by atoms with Gasteiger partial charge in [0.1, 0.15) is 5.82 Å². The number of hydrogen-bond donors (Lipinski definition) is 2. The minimum atomic E-state index is -0.289. The first kappa shape index (κ1) is 13.1. The van der Waals surface area contributed by atoms with Gasteiger partial charge in [-0.15, -0.1) is 0 Å². The summed E-state index contributed by atoms with van der Waals surface area (Å²) >= 11 is 0. The lowest BCUT2D eigenvalue weighted by molar-refractivity contribution is 0.533. The molecule has 0 aromatic carbocycles. The molecule has 1 rings (SSSR count). The van der Waals surface area contributed by atoms with E-state index < -0.39 is 0 Å². The van der Waals surface area contributed by atoms with Crippen LogP contribution in [-0.4, -0.2) is 24.6 Å². The van der Waals surface area contributed by atoms with Crippen LogP contribution in [0.15, 0.2) is 18.3 Å². The van der Waals surface area contributed by atoms with Crippen LogP contribution >= 0.6 is 0 Å². The molecule has 0 spiro atoms. The van der Waals surface area contributed by atoms with Gasteiger partial charge in [0.2, 0.25) is 0 Å². The van der Waals surface area contributed by atoms with Gasteiger partial charge in [-0.25, -0.2) is 4.39 Å². The highest BCUT2D eigenvalue weighted by atomic mass is 19.1. The monoisotopic (exact) mass is 225 g/mol. The Hall–Kier alpha value is -1.00. The molecule has 0 saturated carbocycles. The van der Waals surface area contributed by atoms with Crippen molar-refractivity contribution in [2.75, 3.05) is 19.6 Å². The maximum atomic E-state index is 12.6. The third-order valence-electron chi connectivity index (χ3n) is 2.13. The Morgan fingerprint density at radius 3 is 2.62 bits per heavy atom. The molecule has 90 valence electrons. The zero-order valence-corrected chi connectivity index (χ0v) is 9.96. The highest BCUT2D eigenvalue weighted by Gasteiger charge is 1.95. The van der Waals surface area contributed by atoms with Gasteiger partial charge >= 0.3 is 0 Å². The molecule has 0 saturated heterocycles. The molecule has 0 bridgehead atoms. The lowest BCUT2D eigenvalue weighted by atomic mass is 10.2. The molecular weight excluding hydrogens is 205 g/mol. The molecule has 0 atom stereocenters. The van der Waals surface area contributed by atoms with Crippen molar-refractivity contribution >= 4 is 0 Å². The lowest BCUT2D eigenvalue weighted by Crippen LogP contribution is -2.29. The fourth-order valence-corrected chi connectivity index (χ4v) is 1.29. The third kappa shape index (κ3) is 5.78. The minimum absolute atomic E-state index is 0.289. The molecule has 2 N–H and O–H groups in total. The standard InChI is InChI=1S/C12H20FN3/c1-10(2)7-14-5-6-15-9-12-4-3-11(13)8-16-12/h3-4,8,10,14-15H,5-7,9H2,1-2H3. The predicted molar refractivity (Wildman–Crippen MR) is 63.6 cm³/mol. The van der Waals surface area contributed by atoms with Crippen LogP contribution in [0, 0.1) is 11.7 Å². The summed E-state index contributed by atoms with van der Waals surface area (Å²) in [6.45, 7) is 7.93. The van der Waals surface area contributed by atoms with Gasteiger partial charge in [0.25, 0.3) is 0 Å². The smallest absolute Gasteiger partial charge is 0.141 e. The van der Waals surface area contributed by atoms with E-state index in [-0.39, 0.29) is 5.82 Å². The van der Waals surface area contributed by atoms with Crippen LogP contribution in [0.1, 0.15) is 19.5 Å². The van der Waals surface area contributed by atoms with Crippen LogP contribution in [0.25, 0.3) is 0 Å². The average Bonchev–Trinajstić information content (AvgIpc) is 2.25. The molecule has 4 heteroatoms. The summed E-state index contributed by atoms with van der Waals surface area (Å²) in [6, 6.07) is 3.13. The van der Waals surface area contributed by atoms with Gasteiger partial charge in [-0.3, -0.25) is 4.98 Å². The molecule has 0 aliphatic carbocycles. The summed E-state index contributed by atoms with van der Waals surface area (Å²) in [5.41, 5.74) is 0.866. The second-order valence-corrected chi connectivity index (χ2v) is 4.24. The lowest BCUT2D eigenvalue weighted by Gasteiger charge is -2.08. The van der Waals surface area contributed by atoms with Gasteiger partial charge < -0.3 is 10.6 Å². The topological polar surface area (TPSA) is 37.0 Å². The van der Waals surface area contributed by atoms with E-state index in [4.69, 9.17) is 0 Å². The molecule has 0 aliphatic heterocycles. The van der Waals surface area contributed by atoms with Gasteiger partial charge in [0.15, 0.2) is 0 Å². The predicted octanol–water partition coefficient (Wildman–Crippen LogP) is 1.56. The normalized spacial score (nSPS) is 11.0. The van der Waals surface area contributed by atoms with Crippen LogP contribution in [0.3, 0.4) is 0 Å². The number of rotatable bonds is 7. The second-order valence-electron chi connectivity index (χ2n) is 4.24. The zero-order valence-electron chi connectivity index (χ0n) is 9.96. The fraction of sp³-hybridized carbons (Fsp3) is 0.583. The van der Waals surface area contributed by atoms with Crippen LogP contribution < -0.4 is 10.6 Å². The Balaban J connectivity index is 2.05. The highest BCUT2D eigenvalue weighted by molar-refractivity contribution is 5.04. The van der Waals surface area contributed by atoms with Crippen LogP contribution in [0.2, 0.25) is 0 Å². The first-order valence-corrected chi connectivity index (χ1v) is 5.70. The molecule has 0 aliphatic rings. The number of pyridine rings is 1. The highest BCUT2D eigenvalue weighted by Crippen LogP contribution is 1.96. The van der Waals surface area contributed by atoms with E-state index in [0.717, 1.165) is 25.3 Å². The number of halogens is 1. The molecule has 16 heavy (non-hydrogen) atoms.